The van der Waals surface area contributed by atoms with Gasteiger partial charge in [-0.15, -0.1) is 0 Å². The molecule has 4 aliphatic rings. The lowest BCUT2D eigenvalue weighted by Crippen LogP contribution is -2.32. The van der Waals surface area contributed by atoms with Crippen molar-refractivity contribution in [3.63, 3.8) is 0 Å². The summed E-state index contributed by atoms with van der Waals surface area (Å²) in [6.45, 7) is 0. The Balaban J connectivity index is 0.661. The molecule has 0 saturated carbocycles. The van der Waals surface area contributed by atoms with Gasteiger partial charge in [-0.25, -0.2) is 29.9 Å². The van der Waals surface area contributed by atoms with E-state index in [0.717, 1.165) is 111 Å². The number of fused-ring (bicyclic) bond motifs is 27. The molecule has 24 rings (SSSR count). The maximum absolute atomic E-state index is 7.33. The molecule has 5 heterocycles. The van der Waals surface area contributed by atoms with Crippen LogP contribution in [-0.2, 0) is 10.8 Å². The van der Waals surface area contributed by atoms with Crippen LogP contribution in [0.25, 0.3) is 167 Å². The third kappa shape index (κ3) is 9.20. The maximum Gasteiger partial charge on any atom is 0.167 e. The molecule has 17 aromatic carbocycles. The first kappa shape index (κ1) is 63.7. The Hall–Kier alpha value is -15.2. The summed E-state index contributed by atoms with van der Waals surface area (Å²) in [4.78, 5) is 38.1. The van der Waals surface area contributed by atoms with Crippen LogP contribution in [0.15, 0.2) is 370 Å². The van der Waals surface area contributed by atoms with Gasteiger partial charge in [0.15, 0.2) is 34.9 Å². The molecule has 2 spiro atoms. The number of ether oxygens (including phenoxy) is 2. The lowest BCUT2D eigenvalue weighted by Gasteiger charge is -2.39. The lowest BCUT2D eigenvalue weighted by atomic mass is 9.66. The Kier molecular flexibility index (Phi) is 13.8. The van der Waals surface area contributed by atoms with Gasteiger partial charge in [0.2, 0.25) is 0 Å². The minimum absolute atomic E-state index is 0.477. The number of pyridine rings is 1. The number of hydrogen-bond acceptors (Lipinski definition) is 9. The number of nitrogens with zero attached hydrogens (tertiary/aromatic N) is 7. The number of rotatable bonds is 8. The van der Waals surface area contributed by atoms with Crippen molar-refractivity contribution in [2.45, 2.75) is 10.8 Å². The predicted octanol–water partition coefficient (Wildman–Crippen LogP) is 25.5. The fourth-order valence-electron chi connectivity index (χ4n) is 19.3. The highest BCUT2D eigenvalue weighted by Crippen LogP contribution is 2.65. The van der Waals surface area contributed by atoms with Crippen LogP contribution < -0.4 is 9.47 Å². The topological polar surface area (TPSA) is 109 Å². The molecule has 2 aliphatic heterocycles. The number of para-hydroxylation sites is 4. The third-order valence-electron chi connectivity index (χ3n) is 24.2. The van der Waals surface area contributed by atoms with Gasteiger partial charge >= 0.3 is 0 Å². The Morgan fingerprint density at radius 1 is 0.184 bits per heavy atom. The van der Waals surface area contributed by atoms with E-state index in [1.807, 2.05) is 48.7 Å². The second kappa shape index (κ2) is 24.7. The van der Waals surface area contributed by atoms with Crippen molar-refractivity contribution in [1.29, 1.82) is 0 Å². The smallest absolute Gasteiger partial charge is 0.167 e. The van der Waals surface area contributed by atoms with Crippen molar-refractivity contribution in [2.24, 2.45) is 0 Å². The zero-order chi connectivity index (χ0) is 74.7. The summed E-state index contributed by atoms with van der Waals surface area (Å²) in [5.41, 5.74) is 22.2. The lowest BCUT2D eigenvalue weighted by molar-refractivity contribution is 0.437. The second-order valence-corrected chi connectivity index (χ2v) is 30.0. The van der Waals surface area contributed by atoms with Crippen molar-refractivity contribution in [1.82, 2.24) is 34.9 Å². The molecule has 0 saturated heterocycles. The van der Waals surface area contributed by atoms with Gasteiger partial charge in [-0.2, -0.15) is 0 Å². The summed E-state index contributed by atoms with van der Waals surface area (Å²) >= 11 is 0. The predicted molar refractivity (Wildman–Crippen MR) is 457 cm³/mol. The first-order chi connectivity index (χ1) is 56.5. The fraction of sp³-hybridized carbons (Fsp3) is 0.0190. The number of benzene rings is 17. The fourth-order valence-corrected chi connectivity index (χ4v) is 19.3. The van der Waals surface area contributed by atoms with E-state index in [1.54, 1.807) is 0 Å². The van der Waals surface area contributed by atoms with Crippen LogP contribution in [0.4, 0.5) is 0 Å². The first-order valence-electron chi connectivity index (χ1n) is 38.7. The molecule has 114 heavy (non-hydrogen) atoms. The summed E-state index contributed by atoms with van der Waals surface area (Å²) in [5, 5.41) is 10.3. The molecule has 528 valence electrons. The largest absolute Gasteiger partial charge is 0.456 e. The van der Waals surface area contributed by atoms with Crippen LogP contribution in [0.2, 0.25) is 0 Å². The van der Waals surface area contributed by atoms with E-state index in [0.29, 0.717) is 46.4 Å². The van der Waals surface area contributed by atoms with Crippen LogP contribution in [0.1, 0.15) is 44.5 Å². The van der Waals surface area contributed by atoms with E-state index in [1.165, 1.54) is 76.8 Å². The number of aromatic nitrogens is 7. The summed E-state index contributed by atoms with van der Waals surface area (Å²) in [7, 11) is 0. The maximum atomic E-state index is 7.33. The standard InChI is InChI=1S/C105H61N7O2/c1-2-24-64(25-3-1)98-107-99(110-102(109-98)80-36-21-45-91-96(80)113-93-47-18-16-43-89(93)104(91)85-39-12-8-30-74(85)75-31-9-13-40-86(75)104)66-55-51-63(52-56-66)82-61-84-72(78-38-23-59-106-95(78)82)34-20-35-79(84)101-108-100(65-53-49-62(50-54-65)67-57-58-73-70-28-5-4-26-68(70)69-27-6-7-29-71(69)83(73)60-67)111-103(112-101)81-37-22-46-92-97(81)114-94-48-19-17-44-90(94)105(92)87-41-14-10-32-76(87)77-33-11-15-42-88(77)105/h1-61H. The second-order valence-electron chi connectivity index (χ2n) is 30.0. The van der Waals surface area contributed by atoms with Crippen LogP contribution >= 0.6 is 0 Å². The highest BCUT2D eigenvalue weighted by molar-refractivity contribution is 6.26. The van der Waals surface area contributed by atoms with Crippen molar-refractivity contribution in [3.05, 3.63) is 415 Å². The molecule has 9 nitrogen and oxygen atoms in total. The zero-order valence-electron chi connectivity index (χ0n) is 61.2. The average molecular weight is 1450 g/mol. The summed E-state index contributed by atoms with van der Waals surface area (Å²) < 4.78 is 14.5. The van der Waals surface area contributed by atoms with Gasteiger partial charge in [-0.1, -0.05) is 322 Å². The number of hydrogen-bond donors (Lipinski definition) is 0. The molecule has 20 aromatic rings. The molecule has 0 N–H and O–H groups in total. The Bertz CT molecular complexity index is 7380. The normalized spacial score (nSPS) is 13.4. The molecule has 0 radical (unpaired) electrons. The Morgan fingerprint density at radius 3 is 1.04 bits per heavy atom. The third-order valence-corrected chi connectivity index (χ3v) is 24.2. The Labute approximate surface area is 655 Å². The quantitative estimate of drug-likeness (QED) is 0.137. The molecule has 9 heteroatoms. The molecular formula is C105H61N7O2. The molecule has 2 aliphatic carbocycles. The van der Waals surface area contributed by atoms with Crippen molar-refractivity contribution in [3.8, 4) is 136 Å². The molecule has 0 atom stereocenters. The van der Waals surface area contributed by atoms with Gasteiger partial charge in [0.25, 0.3) is 0 Å². The molecular weight excluding hydrogens is 1390 g/mol. The van der Waals surface area contributed by atoms with Gasteiger partial charge in [0.1, 0.15) is 23.0 Å². The van der Waals surface area contributed by atoms with Gasteiger partial charge in [-0.05, 0) is 147 Å². The SMILES string of the molecule is c1ccc(-c2nc(-c3ccc(-c4cc5c(-c6nc(-c7ccc(-c8ccc9c%10ccccc%10c%10ccccc%10c9c8)cc7)nc(-c7cccc8c7Oc7ccccc7C87c8ccccc8-c8ccccc87)n6)cccc5c5cccnc45)cc3)nc(-c3cccc4c3Oc3ccccc3C43c4ccccc4-c4ccccc43)n2)cc1. The molecule has 0 bridgehead atoms. The van der Waals surface area contributed by atoms with E-state index < -0.39 is 10.8 Å². The van der Waals surface area contributed by atoms with Crippen LogP contribution in [-0.4, -0.2) is 34.9 Å². The van der Waals surface area contributed by atoms with Gasteiger partial charge < -0.3 is 9.47 Å². The summed E-state index contributed by atoms with van der Waals surface area (Å²) in [5.74, 6) is 6.02. The van der Waals surface area contributed by atoms with E-state index in [2.05, 4.69) is 322 Å². The Morgan fingerprint density at radius 2 is 0.518 bits per heavy atom. The van der Waals surface area contributed by atoms with Crippen LogP contribution in [0.5, 0.6) is 23.0 Å². The average Bonchev–Trinajstić information content (AvgIpc) is 1.55. The van der Waals surface area contributed by atoms with Gasteiger partial charge in [-0.3, -0.25) is 4.98 Å². The van der Waals surface area contributed by atoms with Crippen molar-refractivity contribution < 1.29 is 9.47 Å². The highest BCUT2D eigenvalue weighted by Gasteiger charge is 2.53. The minimum atomic E-state index is -0.713. The molecule has 0 fully saturated rings. The minimum Gasteiger partial charge on any atom is -0.456 e. The van der Waals surface area contributed by atoms with Crippen molar-refractivity contribution in [2.75, 3.05) is 0 Å². The summed E-state index contributed by atoms with van der Waals surface area (Å²) in [6.07, 6.45) is 1.87. The van der Waals surface area contributed by atoms with Crippen LogP contribution in [0.3, 0.4) is 0 Å². The van der Waals surface area contributed by atoms with E-state index in [9.17, 15) is 0 Å². The summed E-state index contributed by atoms with van der Waals surface area (Å²) in [6, 6.07) is 129. The monoisotopic (exact) mass is 1450 g/mol. The zero-order valence-corrected chi connectivity index (χ0v) is 61.2. The van der Waals surface area contributed by atoms with Gasteiger partial charge in [0.05, 0.1) is 27.5 Å². The first-order valence-corrected chi connectivity index (χ1v) is 38.7. The van der Waals surface area contributed by atoms with E-state index in [4.69, 9.17) is 44.4 Å². The molecule has 0 unspecified atom stereocenters. The van der Waals surface area contributed by atoms with Crippen molar-refractivity contribution >= 4 is 54.0 Å². The van der Waals surface area contributed by atoms with E-state index in [-0.39, 0.29) is 0 Å². The highest BCUT2D eigenvalue weighted by atomic mass is 16.5. The molecule has 0 amide bonds. The van der Waals surface area contributed by atoms with Gasteiger partial charge in [0, 0.05) is 61.7 Å². The molecule has 3 aromatic heterocycles. The van der Waals surface area contributed by atoms with E-state index >= 15 is 0 Å². The van der Waals surface area contributed by atoms with Crippen LogP contribution in [0, 0.1) is 0 Å².